The Bertz CT molecular complexity index is 139. The van der Waals surface area contributed by atoms with Crippen LogP contribution in [0.2, 0.25) is 0 Å². The lowest BCUT2D eigenvalue weighted by atomic mass is 10.5. The van der Waals surface area contributed by atoms with Crippen molar-refractivity contribution in [2.75, 3.05) is 6.26 Å². The molecule has 0 N–H and O–H groups in total. The van der Waals surface area contributed by atoms with Crippen molar-refractivity contribution in [3.63, 3.8) is 0 Å². The van der Waals surface area contributed by atoms with Gasteiger partial charge in [0.15, 0.2) is 0 Å². The minimum Gasteiger partial charge on any atom is -0.265 e. The van der Waals surface area contributed by atoms with Gasteiger partial charge in [-0.1, -0.05) is 41.5 Å². The molecule has 68 valence electrons. The molecule has 1 aromatic heterocycles. The number of nitrogens with zero attached hydrogens (tertiary/aromatic N) is 1. The third-order valence-electron chi connectivity index (χ3n) is 0.855. The first-order chi connectivity index (χ1) is 5.77. The Hall–Kier alpha value is -0.150. The first-order valence-corrected chi connectivity index (χ1v) is 6.44. The van der Waals surface area contributed by atoms with Crippen LogP contribution < -0.4 is 0 Å². The average Bonchev–Trinajstić information content (AvgIpc) is 2.08. The van der Waals surface area contributed by atoms with Crippen LogP contribution in [-0.4, -0.2) is 16.5 Å². The number of pyridine rings is 1. The fourth-order valence-electron chi connectivity index (χ4n) is 0.505. The van der Waals surface area contributed by atoms with Crippen molar-refractivity contribution in [3.05, 3.63) is 30.6 Å². The van der Waals surface area contributed by atoms with Crippen LogP contribution in [0.3, 0.4) is 0 Å². The smallest absolute Gasteiger partial charge is 0.0267 e. The zero-order valence-corrected chi connectivity index (χ0v) is 9.36. The molecule has 0 spiro atoms. The number of aromatic nitrogens is 1. The standard InChI is InChI=1S/C5H5N.C4H10S2/c1-2-4-6-5-3-1;1-4(2)6-5-3/h1-5H;4H,1-3H3. The van der Waals surface area contributed by atoms with Gasteiger partial charge in [0.25, 0.3) is 0 Å². The van der Waals surface area contributed by atoms with Crippen LogP contribution in [0.4, 0.5) is 0 Å². The summed E-state index contributed by atoms with van der Waals surface area (Å²) in [5.41, 5.74) is 0. The van der Waals surface area contributed by atoms with Crippen molar-refractivity contribution in [1.29, 1.82) is 0 Å². The summed E-state index contributed by atoms with van der Waals surface area (Å²) in [6, 6.07) is 5.72. The molecule has 0 radical (unpaired) electrons. The van der Waals surface area contributed by atoms with E-state index in [1.807, 2.05) is 39.8 Å². The van der Waals surface area contributed by atoms with Crippen LogP contribution in [0.1, 0.15) is 13.8 Å². The van der Waals surface area contributed by atoms with Gasteiger partial charge in [-0.25, -0.2) is 0 Å². The van der Waals surface area contributed by atoms with Crippen LogP contribution in [0.25, 0.3) is 0 Å². The highest BCUT2D eigenvalue weighted by Crippen LogP contribution is 2.21. The summed E-state index contributed by atoms with van der Waals surface area (Å²) in [6.07, 6.45) is 5.60. The maximum atomic E-state index is 3.78. The highest BCUT2D eigenvalue weighted by atomic mass is 33.1. The first-order valence-electron chi connectivity index (χ1n) is 3.82. The molecule has 0 aliphatic carbocycles. The van der Waals surface area contributed by atoms with E-state index in [1.54, 1.807) is 12.4 Å². The van der Waals surface area contributed by atoms with Crippen LogP contribution in [-0.2, 0) is 0 Å². The molecule has 0 unspecified atom stereocenters. The molecule has 12 heavy (non-hydrogen) atoms. The summed E-state index contributed by atoms with van der Waals surface area (Å²) in [5, 5.41) is 0.778. The number of hydrogen-bond donors (Lipinski definition) is 0. The van der Waals surface area contributed by atoms with Crippen LogP contribution in [0.15, 0.2) is 30.6 Å². The Balaban J connectivity index is 0.000000202. The predicted octanol–water partition coefficient (Wildman–Crippen LogP) is 3.49. The summed E-state index contributed by atoms with van der Waals surface area (Å²) in [4.78, 5) is 3.78. The van der Waals surface area contributed by atoms with Crippen molar-refractivity contribution in [3.8, 4) is 0 Å². The highest BCUT2D eigenvalue weighted by Gasteiger charge is 1.86. The Morgan fingerprint density at radius 2 is 1.67 bits per heavy atom. The van der Waals surface area contributed by atoms with E-state index in [0.29, 0.717) is 0 Å². The monoisotopic (exact) mass is 201 g/mol. The van der Waals surface area contributed by atoms with Gasteiger partial charge in [0.2, 0.25) is 0 Å². The molecule has 3 heteroatoms. The van der Waals surface area contributed by atoms with E-state index in [1.165, 1.54) is 0 Å². The Morgan fingerprint density at radius 1 is 1.08 bits per heavy atom. The summed E-state index contributed by atoms with van der Waals surface area (Å²) < 4.78 is 0. The molecule has 0 atom stereocenters. The second-order valence-corrected chi connectivity index (χ2v) is 5.38. The van der Waals surface area contributed by atoms with Gasteiger partial charge in [-0.3, -0.25) is 4.98 Å². The molecule has 0 aliphatic heterocycles. The second kappa shape index (κ2) is 8.94. The third-order valence-corrected chi connectivity index (χ3v) is 3.16. The number of hydrogen-bond acceptors (Lipinski definition) is 3. The largest absolute Gasteiger partial charge is 0.265 e. The van der Waals surface area contributed by atoms with E-state index in [-0.39, 0.29) is 0 Å². The maximum Gasteiger partial charge on any atom is 0.0267 e. The van der Waals surface area contributed by atoms with Crippen LogP contribution in [0.5, 0.6) is 0 Å². The molecule has 0 bridgehead atoms. The van der Waals surface area contributed by atoms with Gasteiger partial charge in [-0.15, -0.1) is 0 Å². The molecule has 1 nitrogen and oxygen atoms in total. The van der Waals surface area contributed by atoms with Gasteiger partial charge in [0, 0.05) is 17.6 Å². The predicted molar refractivity (Wildman–Crippen MR) is 60.5 cm³/mol. The van der Waals surface area contributed by atoms with E-state index in [4.69, 9.17) is 0 Å². The lowest BCUT2D eigenvalue weighted by molar-refractivity contribution is 1.12. The van der Waals surface area contributed by atoms with Gasteiger partial charge >= 0.3 is 0 Å². The second-order valence-electron chi connectivity index (χ2n) is 2.34. The van der Waals surface area contributed by atoms with Gasteiger partial charge in [0.05, 0.1) is 0 Å². The molecule has 0 amide bonds. The van der Waals surface area contributed by atoms with E-state index in [9.17, 15) is 0 Å². The zero-order valence-electron chi connectivity index (χ0n) is 7.73. The first kappa shape index (κ1) is 11.8. The lowest BCUT2D eigenvalue weighted by Crippen LogP contribution is -1.78. The molecule has 1 aromatic rings. The molecule has 0 saturated heterocycles. The molecule has 1 rings (SSSR count). The van der Waals surface area contributed by atoms with Gasteiger partial charge in [-0.2, -0.15) is 0 Å². The molecule has 0 aromatic carbocycles. The van der Waals surface area contributed by atoms with Crippen LogP contribution >= 0.6 is 21.6 Å². The van der Waals surface area contributed by atoms with Crippen molar-refractivity contribution in [2.24, 2.45) is 0 Å². The lowest BCUT2D eigenvalue weighted by Gasteiger charge is -1.95. The summed E-state index contributed by atoms with van der Waals surface area (Å²) in [5.74, 6) is 0. The minimum atomic E-state index is 0.778. The van der Waals surface area contributed by atoms with Gasteiger partial charge in [-0.05, 0) is 18.4 Å². The number of rotatable bonds is 2. The highest BCUT2D eigenvalue weighted by molar-refractivity contribution is 8.76. The summed E-state index contributed by atoms with van der Waals surface area (Å²) in [7, 11) is 3.73. The fraction of sp³-hybridized carbons (Fsp3) is 0.444. The van der Waals surface area contributed by atoms with E-state index in [2.05, 4.69) is 25.1 Å². The topological polar surface area (TPSA) is 12.9 Å². The Labute approximate surface area is 82.8 Å². The fourth-order valence-corrected chi connectivity index (χ4v) is 2.04. The van der Waals surface area contributed by atoms with Crippen molar-refractivity contribution in [2.45, 2.75) is 19.1 Å². The van der Waals surface area contributed by atoms with Crippen LogP contribution in [0, 0.1) is 0 Å². The Kier molecular flexibility index (Phi) is 8.83. The summed E-state index contributed by atoms with van der Waals surface area (Å²) >= 11 is 0. The van der Waals surface area contributed by atoms with E-state index >= 15 is 0 Å². The zero-order chi connectivity index (χ0) is 9.23. The summed E-state index contributed by atoms with van der Waals surface area (Å²) in [6.45, 7) is 4.39. The molecule has 0 fully saturated rings. The molecular formula is C9H15NS2. The SMILES string of the molecule is CSSC(C)C.c1ccncc1. The third kappa shape index (κ3) is 9.85. The minimum absolute atomic E-state index is 0.778. The quantitative estimate of drug-likeness (QED) is 0.680. The molecule has 0 saturated carbocycles. The van der Waals surface area contributed by atoms with E-state index < -0.39 is 0 Å². The molecular weight excluding hydrogens is 186 g/mol. The molecule has 1 heterocycles. The van der Waals surface area contributed by atoms with Crippen molar-refractivity contribution in [1.82, 2.24) is 4.98 Å². The normalized spacial score (nSPS) is 9.00. The Morgan fingerprint density at radius 3 is 1.75 bits per heavy atom. The average molecular weight is 201 g/mol. The van der Waals surface area contributed by atoms with Gasteiger partial charge in [0.1, 0.15) is 0 Å². The van der Waals surface area contributed by atoms with E-state index in [0.717, 1.165) is 5.25 Å². The van der Waals surface area contributed by atoms with Crippen molar-refractivity contribution >= 4 is 21.6 Å². The van der Waals surface area contributed by atoms with Crippen molar-refractivity contribution < 1.29 is 0 Å². The maximum absolute atomic E-state index is 3.78. The molecule has 0 aliphatic rings. The van der Waals surface area contributed by atoms with Gasteiger partial charge < -0.3 is 0 Å².